The summed E-state index contributed by atoms with van der Waals surface area (Å²) in [6.07, 6.45) is 0. The minimum atomic E-state index is 0.404. The Balaban J connectivity index is 2.24. The number of benzene rings is 2. The zero-order valence-electron chi connectivity index (χ0n) is 12.1. The second-order valence-corrected chi connectivity index (χ2v) is 5.45. The number of aryl methyl sites for hydroxylation is 2. The lowest BCUT2D eigenvalue weighted by atomic mass is 10.1. The average molecular weight is 285 g/mol. The van der Waals surface area contributed by atoms with Crippen LogP contribution in [0.1, 0.15) is 27.8 Å². The number of ether oxygens (including phenoxy) is 1. The smallest absolute Gasteiger partial charge is 0.123 e. The average Bonchev–Trinajstić information content (AvgIpc) is 2.41. The van der Waals surface area contributed by atoms with Gasteiger partial charge in [-0.1, -0.05) is 42.5 Å². The van der Waals surface area contributed by atoms with E-state index >= 15 is 0 Å². The van der Waals surface area contributed by atoms with Crippen LogP contribution in [0.15, 0.2) is 36.4 Å². The van der Waals surface area contributed by atoms with Gasteiger partial charge in [0.2, 0.25) is 0 Å². The molecular formula is C17H19NOS. The number of thiocarbonyl (C=S) groups is 1. The van der Waals surface area contributed by atoms with Crippen molar-refractivity contribution in [3.05, 3.63) is 64.2 Å². The normalized spacial score (nSPS) is 10.3. The Morgan fingerprint density at radius 2 is 1.85 bits per heavy atom. The van der Waals surface area contributed by atoms with E-state index in [-0.39, 0.29) is 0 Å². The fourth-order valence-electron chi connectivity index (χ4n) is 2.19. The predicted octanol–water partition coefficient (Wildman–Crippen LogP) is 3.83. The molecule has 0 atom stereocenters. The van der Waals surface area contributed by atoms with Crippen LogP contribution in [-0.2, 0) is 6.61 Å². The first-order valence-electron chi connectivity index (χ1n) is 6.57. The first kappa shape index (κ1) is 14.5. The Hall–Kier alpha value is -1.87. The molecule has 0 saturated carbocycles. The fourth-order valence-corrected chi connectivity index (χ4v) is 2.39. The van der Waals surface area contributed by atoms with Crippen molar-refractivity contribution in [1.82, 2.24) is 0 Å². The summed E-state index contributed by atoms with van der Waals surface area (Å²) in [5.74, 6) is 0.917. The van der Waals surface area contributed by atoms with E-state index in [4.69, 9.17) is 22.7 Å². The highest BCUT2D eigenvalue weighted by Crippen LogP contribution is 2.24. The SMILES string of the molecule is Cc1cc(C)c(C)c(OCc2ccccc2C(N)=S)c1. The summed E-state index contributed by atoms with van der Waals surface area (Å²) in [5, 5.41) is 0. The van der Waals surface area contributed by atoms with Crippen molar-refractivity contribution in [2.45, 2.75) is 27.4 Å². The van der Waals surface area contributed by atoms with Crippen molar-refractivity contribution >= 4 is 17.2 Å². The molecule has 2 nitrogen and oxygen atoms in total. The van der Waals surface area contributed by atoms with Crippen molar-refractivity contribution < 1.29 is 4.74 Å². The monoisotopic (exact) mass is 285 g/mol. The van der Waals surface area contributed by atoms with Gasteiger partial charge in [0.15, 0.2) is 0 Å². The molecule has 0 fully saturated rings. The van der Waals surface area contributed by atoms with Crippen molar-refractivity contribution in [2.75, 3.05) is 0 Å². The van der Waals surface area contributed by atoms with Crippen molar-refractivity contribution in [1.29, 1.82) is 0 Å². The summed E-state index contributed by atoms with van der Waals surface area (Å²) in [6, 6.07) is 12.0. The number of rotatable bonds is 4. The minimum absolute atomic E-state index is 0.404. The Bertz CT molecular complexity index is 649. The number of nitrogens with two attached hydrogens (primary N) is 1. The molecule has 0 aliphatic heterocycles. The Labute approximate surface area is 125 Å². The van der Waals surface area contributed by atoms with Crippen LogP contribution >= 0.6 is 12.2 Å². The van der Waals surface area contributed by atoms with Gasteiger partial charge < -0.3 is 10.5 Å². The van der Waals surface area contributed by atoms with Gasteiger partial charge in [-0.15, -0.1) is 0 Å². The maximum atomic E-state index is 5.96. The topological polar surface area (TPSA) is 35.2 Å². The van der Waals surface area contributed by atoms with Crippen LogP contribution in [0.2, 0.25) is 0 Å². The highest BCUT2D eigenvalue weighted by Gasteiger charge is 2.08. The molecule has 0 heterocycles. The zero-order chi connectivity index (χ0) is 14.7. The quantitative estimate of drug-likeness (QED) is 0.867. The van der Waals surface area contributed by atoms with E-state index in [1.165, 1.54) is 16.7 Å². The molecule has 104 valence electrons. The Morgan fingerprint density at radius 3 is 2.55 bits per heavy atom. The van der Waals surface area contributed by atoms with E-state index in [2.05, 4.69) is 32.9 Å². The van der Waals surface area contributed by atoms with Crippen LogP contribution in [-0.4, -0.2) is 4.99 Å². The van der Waals surface area contributed by atoms with Gasteiger partial charge in [0.25, 0.3) is 0 Å². The molecule has 0 unspecified atom stereocenters. The summed E-state index contributed by atoms with van der Waals surface area (Å²) >= 11 is 5.07. The summed E-state index contributed by atoms with van der Waals surface area (Å²) < 4.78 is 5.96. The summed E-state index contributed by atoms with van der Waals surface area (Å²) in [5.41, 5.74) is 11.2. The molecule has 0 saturated heterocycles. The molecule has 0 bridgehead atoms. The fraction of sp³-hybridized carbons (Fsp3) is 0.235. The highest BCUT2D eigenvalue weighted by molar-refractivity contribution is 7.80. The van der Waals surface area contributed by atoms with E-state index in [0.717, 1.165) is 16.9 Å². The number of hydrogen-bond donors (Lipinski definition) is 1. The van der Waals surface area contributed by atoms with Gasteiger partial charge in [0.05, 0.1) is 0 Å². The molecule has 3 heteroatoms. The van der Waals surface area contributed by atoms with Crippen LogP contribution in [0.25, 0.3) is 0 Å². The Kier molecular flexibility index (Phi) is 4.40. The van der Waals surface area contributed by atoms with E-state index < -0.39 is 0 Å². The zero-order valence-corrected chi connectivity index (χ0v) is 12.9. The van der Waals surface area contributed by atoms with Crippen LogP contribution < -0.4 is 10.5 Å². The van der Waals surface area contributed by atoms with Gasteiger partial charge in [-0.3, -0.25) is 0 Å². The second-order valence-electron chi connectivity index (χ2n) is 5.02. The van der Waals surface area contributed by atoms with E-state index in [9.17, 15) is 0 Å². The Morgan fingerprint density at radius 1 is 1.15 bits per heavy atom. The second kappa shape index (κ2) is 6.06. The molecule has 2 rings (SSSR count). The lowest BCUT2D eigenvalue weighted by Crippen LogP contribution is -2.13. The van der Waals surface area contributed by atoms with Crippen molar-refractivity contribution in [3.63, 3.8) is 0 Å². The molecule has 2 N–H and O–H groups in total. The van der Waals surface area contributed by atoms with Crippen LogP contribution in [0.3, 0.4) is 0 Å². The molecule has 0 spiro atoms. The third-order valence-corrected chi connectivity index (χ3v) is 3.65. The van der Waals surface area contributed by atoms with Gasteiger partial charge in [-0.25, -0.2) is 0 Å². The lowest BCUT2D eigenvalue weighted by molar-refractivity contribution is 0.303. The third kappa shape index (κ3) is 3.17. The largest absolute Gasteiger partial charge is 0.489 e. The maximum absolute atomic E-state index is 5.96. The molecule has 0 amide bonds. The minimum Gasteiger partial charge on any atom is -0.489 e. The molecule has 0 radical (unpaired) electrons. The van der Waals surface area contributed by atoms with Gasteiger partial charge in [-0.2, -0.15) is 0 Å². The van der Waals surface area contributed by atoms with Gasteiger partial charge >= 0.3 is 0 Å². The molecule has 0 aliphatic carbocycles. The number of hydrogen-bond acceptors (Lipinski definition) is 2. The molecule has 0 aromatic heterocycles. The van der Waals surface area contributed by atoms with Gasteiger partial charge in [0, 0.05) is 5.56 Å². The standard InChI is InChI=1S/C17H19NOS/c1-11-8-12(2)13(3)16(9-11)19-10-14-6-4-5-7-15(14)17(18)20/h4-9H,10H2,1-3H3,(H2,18,20). The molecule has 0 aliphatic rings. The van der Waals surface area contributed by atoms with Gasteiger partial charge in [-0.05, 0) is 49.1 Å². The van der Waals surface area contributed by atoms with Crippen molar-refractivity contribution in [2.24, 2.45) is 5.73 Å². The van der Waals surface area contributed by atoms with E-state index in [1.807, 2.05) is 24.3 Å². The van der Waals surface area contributed by atoms with Crippen molar-refractivity contribution in [3.8, 4) is 5.75 Å². The van der Waals surface area contributed by atoms with E-state index in [0.29, 0.717) is 11.6 Å². The molecular weight excluding hydrogens is 266 g/mol. The van der Waals surface area contributed by atoms with Gasteiger partial charge in [0.1, 0.15) is 17.3 Å². The highest BCUT2D eigenvalue weighted by atomic mass is 32.1. The summed E-state index contributed by atoms with van der Waals surface area (Å²) in [6.45, 7) is 6.71. The van der Waals surface area contributed by atoms with Crippen LogP contribution in [0, 0.1) is 20.8 Å². The molecule has 2 aromatic rings. The van der Waals surface area contributed by atoms with Crippen LogP contribution in [0.4, 0.5) is 0 Å². The first-order valence-corrected chi connectivity index (χ1v) is 6.98. The lowest BCUT2D eigenvalue weighted by Gasteiger charge is -2.14. The predicted molar refractivity (Wildman–Crippen MR) is 87.3 cm³/mol. The third-order valence-electron chi connectivity index (χ3n) is 3.43. The maximum Gasteiger partial charge on any atom is 0.123 e. The van der Waals surface area contributed by atoms with E-state index in [1.54, 1.807) is 0 Å². The summed E-state index contributed by atoms with van der Waals surface area (Å²) in [7, 11) is 0. The van der Waals surface area contributed by atoms with Crippen LogP contribution in [0.5, 0.6) is 5.75 Å². The molecule has 2 aromatic carbocycles. The first-order chi connectivity index (χ1) is 9.49. The molecule has 20 heavy (non-hydrogen) atoms. The summed E-state index contributed by atoms with van der Waals surface area (Å²) in [4.78, 5) is 0.404.